The largest absolute Gasteiger partial charge is 0.508 e. The molecule has 2 aliphatic heterocycles. The number of fused-ring (bicyclic) bond motifs is 1. The second-order valence-corrected chi connectivity index (χ2v) is 8.93. The Hall–Kier alpha value is -1.59. The second kappa shape index (κ2) is 9.27. The third-order valence-corrected chi connectivity index (χ3v) is 6.08. The molecule has 0 saturated carbocycles. The molecule has 0 amide bonds. The molecule has 5 heteroatoms. The molecule has 3 rings (SSSR count). The van der Waals surface area contributed by atoms with Crippen molar-refractivity contribution < 1.29 is 24.4 Å². The number of phenols is 1. The summed E-state index contributed by atoms with van der Waals surface area (Å²) in [5, 5.41) is 9.30. The minimum atomic E-state index is -0.540. The molecule has 156 valence electrons. The summed E-state index contributed by atoms with van der Waals surface area (Å²) in [4.78, 5) is 22.7. The van der Waals surface area contributed by atoms with Crippen LogP contribution in [-0.4, -0.2) is 28.4 Å². The van der Waals surface area contributed by atoms with Crippen molar-refractivity contribution in [1.29, 1.82) is 0 Å². The molecule has 1 aromatic rings. The quantitative estimate of drug-likeness (QED) is 0.336. The molecule has 28 heavy (non-hydrogen) atoms. The maximum absolute atomic E-state index is 11.6. The van der Waals surface area contributed by atoms with Gasteiger partial charge in [0.05, 0.1) is 6.42 Å². The molecule has 0 unspecified atom stereocenters. The molecular formula is C23H34O5. The topological polar surface area (TPSA) is 65.0 Å². The molecule has 1 N–H and O–H groups in total. The number of phenolic OH excluding ortho intramolecular Hbond substituents is 1. The number of ether oxygens (including phenoxy) is 1. The van der Waals surface area contributed by atoms with Gasteiger partial charge in [-0.1, -0.05) is 50.7 Å². The van der Waals surface area contributed by atoms with Crippen LogP contribution in [0.25, 0.3) is 0 Å². The van der Waals surface area contributed by atoms with Gasteiger partial charge < -0.3 is 9.84 Å². The van der Waals surface area contributed by atoms with Gasteiger partial charge in [-0.25, -0.2) is 9.78 Å². The molecule has 3 atom stereocenters. The average molecular weight is 391 g/mol. The van der Waals surface area contributed by atoms with Crippen molar-refractivity contribution in [1.82, 2.24) is 0 Å². The molecule has 2 fully saturated rings. The van der Waals surface area contributed by atoms with Crippen molar-refractivity contribution in [3.63, 3.8) is 0 Å². The number of carbonyl (C=O) groups is 1. The lowest BCUT2D eigenvalue weighted by atomic mass is 9.82. The third-order valence-electron chi connectivity index (χ3n) is 6.08. The van der Waals surface area contributed by atoms with E-state index in [1.165, 1.54) is 44.1 Å². The van der Waals surface area contributed by atoms with Crippen molar-refractivity contribution in [3.05, 3.63) is 29.8 Å². The van der Waals surface area contributed by atoms with Gasteiger partial charge in [0.1, 0.15) is 23.1 Å². The molecule has 0 radical (unpaired) electrons. The van der Waals surface area contributed by atoms with Gasteiger partial charge in [-0.15, -0.1) is 0 Å². The van der Waals surface area contributed by atoms with Crippen molar-refractivity contribution in [2.24, 2.45) is 0 Å². The molecule has 0 spiro atoms. The summed E-state index contributed by atoms with van der Waals surface area (Å²) in [5.41, 5.74) is 0.381. The molecule has 2 heterocycles. The molecular weight excluding hydrogens is 356 g/mol. The highest BCUT2D eigenvalue weighted by molar-refractivity contribution is 5.73. The van der Waals surface area contributed by atoms with E-state index in [2.05, 4.69) is 6.92 Å². The number of benzene rings is 1. The Labute approximate surface area is 168 Å². The standard InChI is InChI=1S/C23H34O5/c1-22(17-23(2)20(27-28-22)16-21(25)26-23)15-9-7-5-3-4-6-8-10-18-11-13-19(24)14-12-18/h11-14,20,24H,3-10,15-17H2,1-2H3/t20-,22+,23-/m0/s1. The highest BCUT2D eigenvalue weighted by Gasteiger charge is 2.55. The van der Waals surface area contributed by atoms with Crippen LogP contribution in [0.4, 0.5) is 0 Å². The summed E-state index contributed by atoms with van der Waals surface area (Å²) in [6.45, 7) is 4.02. The summed E-state index contributed by atoms with van der Waals surface area (Å²) in [6, 6.07) is 7.52. The van der Waals surface area contributed by atoms with Gasteiger partial charge in [-0.3, -0.25) is 4.79 Å². The zero-order valence-corrected chi connectivity index (χ0v) is 17.2. The lowest BCUT2D eigenvalue weighted by Gasteiger charge is -2.43. The van der Waals surface area contributed by atoms with Crippen LogP contribution in [0.2, 0.25) is 0 Å². The Balaban J connectivity index is 1.23. The Morgan fingerprint density at radius 1 is 1.00 bits per heavy atom. The lowest BCUT2D eigenvalue weighted by molar-refractivity contribution is -0.428. The van der Waals surface area contributed by atoms with Crippen LogP contribution >= 0.6 is 0 Å². The first-order valence-corrected chi connectivity index (χ1v) is 10.7. The van der Waals surface area contributed by atoms with Crippen molar-refractivity contribution in [2.45, 2.75) is 102 Å². The summed E-state index contributed by atoms with van der Waals surface area (Å²) in [5.74, 6) is 0.145. The molecule has 1 aromatic carbocycles. The van der Waals surface area contributed by atoms with Gasteiger partial charge in [0.15, 0.2) is 0 Å². The molecule has 0 aliphatic carbocycles. The van der Waals surface area contributed by atoms with E-state index in [9.17, 15) is 9.90 Å². The number of hydrogen-bond acceptors (Lipinski definition) is 5. The molecule has 2 aliphatic rings. The Kier molecular flexibility index (Phi) is 7.00. The van der Waals surface area contributed by atoms with Gasteiger partial charge in [-0.2, -0.15) is 0 Å². The Bertz CT molecular complexity index is 643. The van der Waals surface area contributed by atoms with Crippen molar-refractivity contribution in [3.8, 4) is 5.75 Å². The summed E-state index contributed by atoms with van der Waals surface area (Å²) in [7, 11) is 0. The molecule has 5 nitrogen and oxygen atoms in total. The van der Waals surface area contributed by atoms with Gasteiger partial charge in [0.2, 0.25) is 0 Å². The fourth-order valence-electron chi connectivity index (χ4n) is 4.47. The Morgan fingerprint density at radius 3 is 2.36 bits per heavy atom. The first kappa shape index (κ1) is 21.1. The van der Waals surface area contributed by atoms with E-state index in [0.717, 1.165) is 19.3 Å². The van der Waals surface area contributed by atoms with Crippen molar-refractivity contribution in [2.75, 3.05) is 0 Å². The highest BCUT2D eigenvalue weighted by atomic mass is 17.2. The van der Waals surface area contributed by atoms with Crippen LogP contribution in [0.1, 0.15) is 83.6 Å². The van der Waals surface area contributed by atoms with Gasteiger partial charge in [0, 0.05) is 6.42 Å². The number of carbonyl (C=O) groups excluding carboxylic acids is 1. The van der Waals surface area contributed by atoms with Crippen molar-refractivity contribution >= 4 is 5.97 Å². The van der Waals surface area contributed by atoms with E-state index in [4.69, 9.17) is 14.5 Å². The maximum Gasteiger partial charge on any atom is 0.309 e. The number of aryl methyl sites for hydroxylation is 1. The number of hydrogen-bond donors (Lipinski definition) is 1. The fourth-order valence-corrected chi connectivity index (χ4v) is 4.47. The fraction of sp³-hybridized carbons (Fsp3) is 0.696. The third kappa shape index (κ3) is 5.71. The van der Waals surface area contributed by atoms with Crippen LogP contribution < -0.4 is 0 Å². The first-order valence-electron chi connectivity index (χ1n) is 10.7. The smallest absolute Gasteiger partial charge is 0.309 e. The van der Waals surface area contributed by atoms with Gasteiger partial charge in [0.25, 0.3) is 0 Å². The maximum atomic E-state index is 11.6. The van der Waals surface area contributed by atoms with E-state index in [-0.39, 0.29) is 17.7 Å². The normalized spacial score (nSPS) is 29.5. The predicted octanol–water partition coefficient (Wildman–Crippen LogP) is 5.24. The molecule has 0 aromatic heterocycles. The van der Waals surface area contributed by atoms with Gasteiger partial charge >= 0.3 is 5.97 Å². The SMILES string of the molecule is C[C@@]1(CCCCCCCCCc2ccc(O)cc2)C[C@]2(C)OC(=O)C[C@@H]2OO1. The summed E-state index contributed by atoms with van der Waals surface area (Å²) < 4.78 is 5.51. The van der Waals surface area contributed by atoms with Gasteiger partial charge in [-0.05, 0) is 50.8 Å². The predicted molar refractivity (Wildman–Crippen MR) is 107 cm³/mol. The highest BCUT2D eigenvalue weighted by Crippen LogP contribution is 2.44. The van der Waals surface area contributed by atoms with E-state index < -0.39 is 5.60 Å². The van der Waals surface area contributed by atoms with E-state index >= 15 is 0 Å². The number of rotatable bonds is 10. The average Bonchev–Trinajstić information content (AvgIpc) is 2.94. The second-order valence-electron chi connectivity index (χ2n) is 8.93. The zero-order chi connectivity index (χ0) is 20.0. The molecule has 0 bridgehead atoms. The minimum Gasteiger partial charge on any atom is -0.508 e. The van der Waals surface area contributed by atoms with E-state index in [1.807, 2.05) is 19.1 Å². The Morgan fingerprint density at radius 2 is 1.64 bits per heavy atom. The monoisotopic (exact) mass is 390 g/mol. The first-order chi connectivity index (χ1) is 13.4. The van der Waals surface area contributed by atoms with E-state index in [1.54, 1.807) is 12.1 Å². The number of aromatic hydroxyl groups is 1. The lowest BCUT2D eigenvalue weighted by Crippen LogP contribution is -2.51. The van der Waals surface area contributed by atoms with Crippen LogP contribution in [0.3, 0.4) is 0 Å². The van der Waals surface area contributed by atoms with Crippen LogP contribution in [0.5, 0.6) is 5.75 Å². The minimum absolute atomic E-state index is 0.189. The number of esters is 1. The van der Waals surface area contributed by atoms with Crippen LogP contribution in [0, 0.1) is 0 Å². The molecule has 2 saturated heterocycles. The van der Waals surface area contributed by atoms with E-state index in [0.29, 0.717) is 18.6 Å². The summed E-state index contributed by atoms with van der Waals surface area (Å²) >= 11 is 0. The number of unbranched alkanes of at least 4 members (excludes halogenated alkanes) is 6. The zero-order valence-electron chi connectivity index (χ0n) is 17.2. The van der Waals surface area contributed by atoms with Crippen LogP contribution in [0.15, 0.2) is 24.3 Å². The summed E-state index contributed by atoms with van der Waals surface area (Å²) in [6.07, 6.45) is 11.2. The van der Waals surface area contributed by atoms with Crippen LogP contribution in [-0.2, 0) is 25.7 Å².